The molecule has 2 heterocycles. The Labute approximate surface area is 129 Å². The van der Waals surface area contributed by atoms with Crippen LogP contribution in [0.2, 0.25) is 0 Å². The minimum atomic E-state index is -3.73. The van der Waals surface area contributed by atoms with Crippen molar-refractivity contribution in [1.29, 1.82) is 0 Å². The van der Waals surface area contributed by atoms with Gasteiger partial charge in [-0.3, -0.25) is 9.48 Å². The fraction of sp³-hybridized carbons (Fsp3) is 0.692. The van der Waals surface area contributed by atoms with E-state index >= 15 is 0 Å². The van der Waals surface area contributed by atoms with E-state index < -0.39 is 21.9 Å². The predicted octanol–water partition coefficient (Wildman–Crippen LogP) is 0.576. The number of hydrogen-bond acceptors (Lipinski definition) is 5. The van der Waals surface area contributed by atoms with Crippen LogP contribution in [0.15, 0.2) is 17.3 Å². The van der Waals surface area contributed by atoms with Crippen LogP contribution < -0.4 is 0 Å². The Balaban J connectivity index is 2.12. The Morgan fingerprint density at radius 3 is 2.77 bits per heavy atom. The third-order valence-corrected chi connectivity index (χ3v) is 5.58. The van der Waals surface area contributed by atoms with Crippen LogP contribution in [-0.4, -0.2) is 60.4 Å². The molecule has 1 N–H and O–H groups in total. The van der Waals surface area contributed by atoms with Gasteiger partial charge in [0.1, 0.15) is 4.90 Å². The van der Waals surface area contributed by atoms with Gasteiger partial charge in [-0.1, -0.05) is 6.92 Å². The minimum absolute atomic E-state index is 0.0825. The number of nitrogens with zero attached hydrogens (tertiary/aromatic N) is 3. The van der Waals surface area contributed by atoms with Crippen molar-refractivity contribution in [3.05, 3.63) is 12.4 Å². The van der Waals surface area contributed by atoms with Gasteiger partial charge in [-0.15, -0.1) is 0 Å². The summed E-state index contributed by atoms with van der Waals surface area (Å²) in [5.74, 6) is -1.80. The summed E-state index contributed by atoms with van der Waals surface area (Å²) in [5, 5.41) is 13.0. The predicted molar refractivity (Wildman–Crippen MR) is 77.9 cm³/mol. The fourth-order valence-electron chi connectivity index (χ4n) is 2.35. The van der Waals surface area contributed by atoms with Gasteiger partial charge in [0.25, 0.3) is 0 Å². The number of carboxylic acids is 1. The zero-order chi connectivity index (χ0) is 16.3. The number of aliphatic carboxylic acids is 1. The van der Waals surface area contributed by atoms with Gasteiger partial charge in [-0.2, -0.15) is 9.40 Å². The van der Waals surface area contributed by atoms with E-state index in [1.165, 1.54) is 26.4 Å². The molecule has 1 aromatic heterocycles. The number of aromatic nitrogens is 2. The first-order valence-corrected chi connectivity index (χ1v) is 8.57. The van der Waals surface area contributed by atoms with Crippen molar-refractivity contribution in [3.8, 4) is 0 Å². The molecule has 22 heavy (non-hydrogen) atoms. The molecule has 0 amide bonds. The summed E-state index contributed by atoms with van der Waals surface area (Å²) < 4.78 is 32.9. The van der Waals surface area contributed by atoms with E-state index in [-0.39, 0.29) is 17.5 Å². The number of sulfonamides is 1. The lowest BCUT2D eigenvalue weighted by Gasteiger charge is -2.22. The summed E-state index contributed by atoms with van der Waals surface area (Å²) in [5.41, 5.74) is 0. The third kappa shape index (κ3) is 3.65. The Morgan fingerprint density at radius 2 is 2.18 bits per heavy atom. The average molecular weight is 331 g/mol. The van der Waals surface area contributed by atoms with Gasteiger partial charge in [-0.25, -0.2) is 8.42 Å². The van der Waals surface area contributed by atoms with E-state index in [9.17, 15) is 13.2 Å². The van der Waals surface area contributed by atoms with Gasteiger partial charge < -0.3 is 9.84 Å². The molecule has 9 heteroatoms. The molecule has 1 aliphatic heterocycles. The second-order valence-corrected chi connectivity index (χ2v) is 7.57. The van der Waals surface area contributed by atoms with Gasteiger partial charge in [-0.05, 0) is 12.8 Å². The molecule has 2 rings (SSSR count). The van der Waals surface area contributed by atoms with Gasteiger partial charge >= 0.3 is 5.97 Å². The highest BCUT2D eigenvalue weighted by Gasteiger charge is 2.27. The second-order valence-electron chi connectivity index (χ2n) is 5.52. The van der Waals surface area contributed by atoms with E-state index in [1.54, 1.807) is 4.68 Å². The summed E-state index contributed by atoms with van der Waals surface area (Å²) in [6.07, 6.45) is 4.42. The zero-order valence-corrected chi connectivity index (χ0v) is 13.5. The Bertz CT molecular complexity index is 621. The Kier molecular flexibility index (Phi) is 5.20. The maximum absolute atomic E-state index is 12.4. The monoisotopic (exact) mass is 331 g/mol. The standard InChI is InChI=1S/C13H21N3O5S/c1-10(13(17)18)8-15(2)22(19,20)12-7-14-16(9-12)11-3-5-21-6-4-11/h7,9-11H,3-6,8H2,1-2H3,(H,17,18). The van der Waals surface area contributed by atoms with Crippen LogP contribution in [0, 0.1) is 5.92 Å². The molecule has 8 nitrogen and oxygen atoms in total. The third-order valence-electron chi connectivity index (χ3n) is 3.80. The second kappa shape index (κ2) is 6.76. The van der Waals surface area contributed by atoms with Crippen LogP contribution in [0.3, 0.4) is 0 Å². The molecule has 1 aromatic rings. The van der Waals surface area contributed by atoms with Crippen LogP contribution in [0.5, 0.6) is 0 Å². The van der Waals surface area contributed by atoms with E-state index in [4.69, 9.17) is 9.84 Å². The molecule has 1 unspecified atom stereocenters. The highest BCUT2D eigenvalue weighted by atomic mass is 32.2. The highest BCUT2D eigenvalue weighted by molar-refractivity contribution is 7.89. The van der Waals surface area contributed by atoms with Crippen molar-refractivity contribution in [2.75, 3.05) is 26.8 Å². The first kappa shape index (κ1) is 16.9. The summed E-state index contributed by atoms with van der Waals surface area (Å²) in [7, 11) is -2.35. The smallest absolute Gasteiger partial charge is 0.307 e. The van der Waals surface area contributed by atoms with Gasteiger partial charge in [0.05, 0.1) is 18.2 Å². The summed E-state index contributed by atoms with van der Waals surface area (Å²) in [6.45, 7) is 2.67. The molecule has 0 saturated carbocycles. The van der Waals surface area contributed by atoms with Gasteiger partial charge in [0.2, 0.25) is 10.0 Å². The van der Waals surface area contributed by atoms with Crippen molar-refractivity contribution in [3.63, 3.8) is 0 Å². The zero-order valence-electron chi connectivity index (χ0n) is 12.7. The lowest BCUT2D eigenvalue weighted by atomic mass is 10.1. The molecular weight excluding hydrogens is 310 g/mol. The Hall–Kier alpha value is -1.45. The molecule has 1 aliphatic rings. The summed E-state index contributed by atoms with van der Waals surface area (Å²) in [6, 6.07) is 0.140. The minimum Gasteiger partial charge on any atom is -0.481 e. The van der Waals surface area contributed by atoms with Crippen molar-refractivity contribution in [2.24, 2.45) is 5.92 Å². The highest BCUT2D eigenvalue weighted by Crippen LogP contribution is 2.22. The lowest BCUT2D eigenvalue weighted by molar-refractivity contribution is -0.141. The van der Waals surface area contributed by atoms with E-state index in [0.717, 1.165) is 17.1 Å². The van der Waals surface area contributed by atoms with Gasteiger partial charge in [0.15, 0.2) is 0 Å². The first-order chi connectivity index (χ1) is 10.3. The normalized spacial score (nSPS) is 18.5. The van der Waals surface area contributed by atoms with E-state index in [1.807, 2.05) is 0 Å². The van der Waals surface area contributed by atoms with Crippen LogP contribution >= 0.6 is 0 Å². The van der Waals surface area contributed by atoms with E-state index in [2.05, 4.69) is 5.10 Å². The van der Waals surface area contributed by atoms with Crippen molar-refractivity contribution < 1.29 is 23.1 Å². The van der Waals surface area contributed by atoms with Crippen molar-refractivity contribution in [2.45, 2.75) is 30.7 Å². The summed E-state index contributed by atoms with van der Waals surface area (Å²) >= 11 is 0. The molecule has 0 spiro atoms. The molecule has 1 atom stereocenters. The number of rotatable bonds is 6. The van der Waals surface area contributed by atoms with Crippen molar-refractivity contribution in [1.82, 2.24) is 14.1 Å². The number of ether oxygens (including phenoxy) is 1. The largest absolute Gasteiger partial charge is 0.481 e. The summed E-state index contributed by atoms with van der Waals surface area (Å²) in [4.78, 5) is 10.9. The van der Waals surface area contributed by atoms with Crippen LogP contribution in [-0.2, 0) is 19.6 Å². The molecule has 1 saturated heterocycles. The van der Waals surface area contributed by atoms with Crippen LogP contribution in [0.25, 0.3) is 0 Å². The van der Waals surface area contributed by atoms with Crippen molar-refractivity contribution >= 4 is 16.0 Å². The molecule has 0 bridgehead atoms. The van der Waals surface area contributed by atoms with Gasteiger partial charge in [0, 0.05) is 33.0 Å². The first-order valence-electron chi connectivity index (χ1n) is 7.13. The molecular formula is C13H21N3O5S. The quantitative estimate of drug-likeness (QED) is 0.818. The molecule has 1 fully saturated rings. The lowest BCUT2D eigenvalue weighted by Crippen LogP contribution is -2.33. The van der Waals surface area contributed by atoms with Crippen LogP contribution in [0.1, 0.15) is 25.8 Å². The molecule has 0 aromatic carbocycles. The fourth-order valence-corrected chi connectivity index (χ4v) is 3.55. The Morgan fingerprint density at radius 1 is 1.55 bits per heavy atom. The van der Waals surface area contributed by atoms with E-state index in [0.29, 0.717) is 13.2 Å². The topological polar surface area (TPSA) is 102 Å². The molecule has 124 valence electrons. The molecule has 0 radical (unpaired) electrons. The van der Waals surface area contributed by atoms with Crippen LogP contribution in [0.4, 0.5) is 0 Å². The maximum Gasteiger partial charge on any atom is 0.307 e. The molecule has 0 aliphatic carbocycles. The average Bonchev–Trinajstić information content (AvgIpc) is 2.98. The number of hydrogen-bond donors (Lipinski definition) is 1. The maximum atomic E-state index is 12.4. The number of carbonyl (C=O) groups is 1. The number of carboxylic acid groups (broad SMARTS) is 1. The SMILES string of the molecule is CC(CN(C)S(=O)(=O)c1cnn(C2CCOCC2)c1)C(=O)O.